The maximum atomic E-state index is 11.5. The number of nitrogens with zero attached hydrogens (tertiary/aromatic N) is 1. The fourth-order valence-electron chi connectivity index (χ4n) is 1.30. The lowest BCUT2D eigenvalue weighted by Crippen LogP contribution is -2.35. The van der Waals surface area contributed by atoms with Crippen molar-refractivity contribution in [3.05, 3.63) is 28.2 Å². The summed E-state index contributed by atoms with van der Waals surface area (Å²) in [5.74, 6) is -0.0760. The highest BCUT2D eigenvalue weighted by Crippen LogP contribution is 2.29. The van der Waals surface area contributed by atoms with Crippen LogP contribution in [0.2, 0.25) is 10.0 Å². The summed E-state index contributed by atoms with van der Waals surface area (Å²) < 4.78 is 0. The topological polar surface area (TPSA) is 44.4 Å². The van der Waals surface area contributed by atoms with Crippen molar-refractivity contribution in [3.63, 3.8) is 0 Å². The lowest BCUT2D eigenvalue weighted by atomic mass is 10.3. The van der Waals surface area contributed by atoms with E-state index in [-0.39, 0.29) is 12.5 Å². The van der Waals surface area contributed by atoms with Crippen molar-refractivity contribution in [1.82, 2.24) is 10.2 Å². The average Bonchev–Trinajstić information content (AvgIpc) is 2.30. The third kappa shape index (κ3) is 5.12. The van der Waals surface area contributed by atoms with Crippen LogP contribution in [0.1, 0.15) is 0 Å². The summed E-state index contributed by atoms with van der Waals surface area (Å²) in [4.78, 5) is 13.5. The highest BCUT2D eigenvalue weighted by Gasteiger charge is 2.06. The maximum absolute atomic E-state index is 11.5. The molecular formula is C12H17Cl2N3O. The van der Waals surface area contributed by atoms with Gasteiger partial charge in [-0.1, -0.05) is 29.3 Å². The van der Waals surface area contributed by atoms with Gasteiger partial charge in [-0.15, -0.1) is 0 Å². The minimum atomic E-state index is -0.0760. The summed E-state index contributed by atoms with van der Waals surface area (Å²) in [7, 11) is 3.91. The van der Waals surface area contributed by atoms with Gasteiger partial charge in [-0.2, -0.15) is 0 Å². The minimum Gasteiger partial charge on any atom is -0.375 e. The van der Waals surface area contributed by atoms with Gasteiger partial charge in [0, 0.05) is 13.1 Å². The van der Waals surface area contributed by atoms with Crippen LogP contribution in [-0.2, 0) is 4.79 Å². The number of rotatable bonds is 6. The second-order valence-corrected chi connectivity index (χ2v) is 4.89. The molecule has 1 rings (SSSR count). The molecule has 0 radical (unpaired) electrons. The summed E-state index contributed by atoms with van der Waals surface area (Å²) >= 11 is 11.9. The van der Waals surface area contributed by atoms with E-state index in [9.17, 15) is 4.79 Å². The van der Waals surface area contributed by atoms with Crippen LogP contribution in [0.15, 0.2) is 18.2 Å². The predicted molar refractivity (Wildman–Crippen MR) is 76.5 cm³/mol. The van der Waals surface area contributed by atoms with E-state index in [2.05, 4.69) is 10.6 Å². The second-order valence-electron chi connectivity index (χ2n) is 4.11. The number of carbonyl (C=O) groups excluding carboxylic acids is 1. The molecule has 0 aromatic heterocycles. The number of hydrogen-bond acceptors (Lipinski definition) is 3. The standard InChI is InChI=1S/C12H17Cl2N3O/c1-17(2)7-6-15-11(18)8-16-10-5-3-4-9(13)12(10)14/h3-5,16H,6-8H2,1-2H3,(H,15,18). The number of halogens is 2. The average molecular weight is 290 g/mol. The first-order chi connectivity index (χ1) is 8.50. The van der Waals surface area contributed by atoms with Crippen molar-refractivity contribution in [2.45, 2.75) is 0 Å². The van der Waals surface area contributed by atoms with Gasteiger partial charge in [-0.05, 0) is 26.2 Å². The van der Waals surface area contributed by atoms with Gasteiger partial charge in [0.1, 0.15) is 0 Å². The molecule has 6 heteroatoms. The molecule has 0 aliphatic carbocycles. The van der Waals surface area contributed by atoms with E-state index < -0.39 is 0 Å². The number of carbonyl (C=O) groups is 1. The molecule has 1 aromatic carbocycles. The van der Waals surface area contributed by atoms with Crippen LogP contribution >= 0.6 is 23.2 Å². The van der Waals surface area contributed by atoms with Crippen LogP contribution in [0.5, 0.6) is 0 Å². The van der Waals surface area contributed by atoms with E-state index in [1.807, 2.05) is 19.0 Å². The Hall–Kier alpha value is -0.970. The predicted octanol–water partition coefficient (Wildman–Crippen LogP) is 2.08. The molecule has 0 aliphatic heterocycles. The molecule has 4 nitrogen and oxygen atoms in total. The van der Waals surface area contributed by atoms with Crippen LogP contribution < -0.4 is 10.6 Å². The number of likely N-dealkylation sites (N-methyl/N-ethyl adjacent to an activating group) is 1. The van der Waals surface area contributed by atoms with Gasteiger partial charge in [0.05, 0.1) is 22.3 Å². The summed E-state index contributed by atoms with van der Waals surface area (Å²) in [6.07, 6.45) is 0. The van der Waals surface area contributed by atoms with Crippen molar-refractivity contribution in [2.75, 3.05) is 39.0 Å². The molecule has 0 heterocycles. The Kier molecular flexibility index (Phi) is 6.25. The molecule has 2 N–H and O–H groups in total. The van der Waals surface area contributed by atoms with Gasteiger partial charge in [0.25, 0.3) is 0 Å². The Bertz CT molecular complexity index is 410. The lowest BCUT2D eigenvalue weighted by Gasteiger charge is -2.12. The number of nitrogens with one attached hydrogen (secondary N) is 2. The quantitative estimate of drug-likeness (QED) is 0.843. The summed E-state index contributed by atoms with van der Waals surface area (Å²) in [5, 5.41) is 6.65. The molecule has 1 aromatic rings. The first-order valence-corrected chi connectivity index (χ1v) is 6.35. The Labute approximate surface area is 117 Å². The van der Waals surface area contributed by atoms with Crippen molar-refractivity contribution < 1.29 is 4.79 Å². The molecule has 0 fully saturated rings. The SMILES string of the molecule is CN(C)CCNC(=O)CNc1cccc(Cl)c1Cl. The van der Waals surface area contributed by atoms with E-state index in [1.165, 1.54) is 0 Å². The number of benzene rings is 1. The zero-order valence-corrected chi connectivity index (χ0v) is 12.0. The molecular weight excluding hydrogens is 273 g/mol. The first kappa shape index (κ1) is 15.1. The molecule has 0 saturated carbocycles. The molecule has 0 aliphatic rings. The van der Waals surface area contributed by atoms with Gasteiger partial charge in [0.15, 0.2) is 0 Å². The molecule has 0 saturated heterocycles. The highest BCUT2D eigenvalue weighted by atomic mass is 35.5. The second kappa shape index (κ2) is 7.46. The summed E-state index contributed by atoms with van der Waals surface area (Å²) in [6.45, 7) is 1.61. The zero-order valence-electron chi connectivity index (χ0n) is 10.5. The van der Waals surface area contributed by atoms with E-state index in [4.69, 9.17) is 23.2 Å². The fraction of sp³-hybridized carbons (Fsp3) is 0.417. The van der Waals surface area contributed by atoms with Crippen molar-refractivity contribution in [1.29, 1.82) is 0 Å². The fourth-order valence-corrected chi connectivity index (χ4v) is 1.66. The normalized spacial score (nSPS) is 10.5. The maximum Gasteiger partial charge on any atom is 0.239 e. The Balaban J connectivity index is 2.36. The highest BCUT2D eigenvalue weighted by molar-refractivity contribution is 6.43. The number of anilines is 1. The Morgan fingerprint density at radius 2 is 2.06 bits per heavy atom. The number of amides is 1. The van der Waals surface area contributed by atoms with Crippen molar-refractivity contribution in [3.8, 4) is 0 Å². The van der Waals surface area contributed by atoms with E-state index in [0.29, 0.717) is 22.3 Å². The minimum absolute atomic E-state index is 0.0760. The summed E-state index contributed by atoms with van der Waals surface area (Å²) in [5.41, 5.74) is 0.659. The Morgan fingerprint density at radius 3 is 2.72 bits per heavy atom. The van der Waals surface area contributed by atoms with Gasteiger partial charge in [-0.25, -0.2) is 0 Å². The zero-order chi connectivity index (χ0) is 13.5. The molecule has 0 unspecified atom stereocenters. The van der Waals surface area contributed by atoms with E-state index >= 15 is 0 Å². The molecule has 18 heavy (non-hydrogen) atoms. The van der Waals surface area contributed by atoms with Gasteiger partial charge >= 0.3 is 0 Å². The van der Waals surface area contributed by atoms with Gasteiger partial charge < -0.3 is 15.5 Å². The van der Waals surface area contributed by atoms with Crippen LogP contribution in [0.3, 0.4) is 0 Å². The van der Waals surface area contributed by atoms with Crippen molar-refractivity contribution in [2.24, 2.45) is 0 Å². The van der Waals surface area contributed by atoms with Gasteiger partial charge in [-0.3, -0.25) is 4.79 Å². The summed E-state index contributed by atoms with van der Waals surface area (Å²) in [6, 6.07) is 5.26. The smallest absolute Gasteiger partial charge is 0.239 e. The van der Waals surface area contributed by atoms with Crippen LogP contribution in [0.25, 0.3) is 0 Å². The van der Waals surface area contributed by atoms with E-state index in [1.54, 1.807) is 18.2 Å². The lowest BCUT2D eigenvalue weighted by molar-refractivity contribution is -0.119. The molecule has 0 atom stereocenters. The molecule has 0 spiro atoms. The molecule has 0 bridgehead atoms. The third-order valence-electron chi connectivity index (χ3n) is 2.27. The van der Waals surface area contributed by atoms with Crippen molar-refractivity contribution >= 4 is 34.8 Å². The van der Waals surface area contributed by atoms with Crippen LogP contribution in [0, 0.1) is 0 Å². The first-order valence-electron chi connectivity index (χ1n) is 5.60. The monoisotopic (exact) mass is 289 g/mol. The molecule has 1 amide bonds. The van der Waals surface area contributed by atoms with Crippen LogP contribution in [0.4, 0.5) is 5.69 Å². The van der Waals surface area contributed by atoms with Crippen LogP contribution in [-0.4, -0.2) is 44.5 Å². The van der Waals surface area contributed by atoms with Gasteiger partial charge in [0.2, 0.25) is 5.91 Å². The number of hydrogen-bond donors (Lipinski definition) is 2. The van der Waals surface area contributed by atoms with E-state index in [0.717, 1.165) is 6.54 Å². The molecule has 100 valence electrons. The third-order valence-corrected chi connectivity index (χ3v) is 3.09. The Morgan fingerprint density at radius 1 is 1.33 bits per heavy atom. The largest absolute Gasteiger partial charge is 0.375 e.